The second-order valence-corrected chi connectivity index (χ2v) is 8.34. The zero-order valence-corrected chi connectivity index (χ0v) is 17.8. The van der Waals surface area contributed by atoms with E-state index in [9.17, 15) is 4.79 Å². The lowest BCUT2D eigenvalue weighted by atomic mass is 9.72. The Kier molecular flexibility index (Phi) is 7.39. The minimum atomic E-state index is -0.924. The highest BCUT2D eigenvalue weighted by atomic mass is 16.4. The fourth-order valence-electron chi connectivity index (χ4n) is 3.72. The Morgan fingerprint density at radius 2 is 1.79 bits per heavy atom. The molecule has 0 saturated carbocycles. The number of aliphatic carboxylic acids is 1. The maximum atomic E-state index is 10.8. The Labute approximate surface area is 169 Å². The highest BCUT2D eigenvalue weighted by Crippen LogP contribution is 2.41. The van der Waals surface area contributed by atoms with Gasteiger partial charge in [-0.05, 0) is 67.7 Å². The molecule has 0 aromatic heterocycles. The van der Waals surface area contributed by atoms with E-state index < -0.39 is 5.97 Å². The minimum Gasteiger partial charge on any atom is -0.478 e. The monoisotopic (exact) mass is 376 g/mol. The summed E-state index contributed by atoms with van der Waals surface area (Å²) in [4.78, 5) is 10.8. The molecule has 148 valence electrons. The van der Waals surface area contributed by atoms with Crippen molar-refractivity contribution in [1.82, 2.24) is 0 Å². The molecule has 1 aromatic rings. The zero-order chi connectivity index (χ0) is 20.7. The van der Waals surface area contributed by atoms with E-state index in [4.69, 9.17) is 5.11 Å². The van der Waals surface area contributed by atoms with Gasteiger partial charge in [-0.15, -0.1) is 0 Å². The van der Waals surface area contributed by atoms with Gasteiger partial charge < -0.3 is 5.11 Å². The number of carboxylic acids is 1. The number of hydrogen-bond donors (Lipinski definition) is 1. The van der Waals surface area contributed by atoms with E-state index in [0.717, 1.165) is 11.1 Å². The Morgan fingerprint density at radius 1 is 1.11 bits per heavy atom. The Bertz CT molecular complexity index is 856. The van der Waals surface area contributed by atoms with E-state index in [0.29, 0.717) is 5.57 Å². The first-order chi connectivity index (χ1) is 13.2. The van der Waals surface area contributed by atoms with Gasteiger partial charge in [0.2, 0.25) is 0 Å². The third kappa shape index (κ3) is 6.23. The summed E-state index contributed by atoms with van der Waals surface area (Å²) in [6.07, 6.45) is 15.1. The van der Waals surface area contributed by atoms with Crippen molar-refractivity contribution in [2.24, 2.45) is 5.41 Å². The van der Waals surface area contributed by atoms with Gasteiger partial charge in [0.15, 0.2) is 0 Å². The van der Waals surface area contributed by atoms with E-state index in [1.165, 1.54) is 42.0 Å². The molecule has 2 nitrogen and oxygen atoms in total. The van der Waals surface area contributed by atoms with Crippen molar-refractivity contribution in [1.29, 1.82) is 0 Å². The van der Waals surface area contributed by atoms with E-state index in [2.05, 4.69) is 64.1 Å². The highest BCUT2D eigenvalue weighted by molar-refractivity contribution is 5.81. The molecule has 0 heterocycles. The SMILES string of the molecule is CC1=C(C=CC(=C/C=C/C(C)=C/C(=O)O)c2ccc(C)cc2)C(C)(C)CCC1. The van der Waals surface area contributed by atoms with Crippen LogP contribution in [0.1, 0.15) is 58.1 Å². The smallest absolute Gasteiger partial charge is 0.328 e. The summed E-state index contributed by atoms with van der Waals surface area (Å²) < 4.78 is 0. The van der Waals surface area contributed by atoms with E-state index in [1.807, 2.05) is 18.2 Å². The van der Waals surface area contributed by atoms with E-state index in [-0.39, 0.29) is 5.41 Å². The average molecular weight is 377 g/mol. The van der Waals surface area contributed by atoms with Crippen LogP contribution in [0, 0.1) is 12.3 Å². The third-order valence-corrected chi connectivity index (χ3v) is 5.34. The molecule has 28 heavy (non-hydrogen) atoms. The largest absolute Gasteiger partial charge is 0.478 e. The van der Waals surface area contributed by atoms with Crippen molar-refractivity contribution in [3.05, 3.63) is 88.6 Å². The van der Waals surface area contributed by atoms with Crippen LogP contribution in [0.5, 0.6) is 0 Å². The average Bonchev–Trinajstić information content (AvgIpc) is 2.59. The molecule has 1 N–H and O–H groups in total. The Hall–Kier alpha value is -2.61. The van der Waals surface area contributed by atoms with Crippen LogP contribution in [0.25, 0.3) is 5.57 Å². The topological polar surface area (TPSA) is 37.3 Å². The molecule has 0 aliphatic heterocycles. The van der Waals surface area contributed by atoms with Crippen molar-refractivity contribution in [2.45, 2.75) is 53.9 Å². The summed E-state index contributed by atoms with van der Waals surface area (Å²) in [5.74, 6) is -0.924. The first-order valence-corrected chi connectivity index (χ1v) is 9.94. The molecule has 1 aliphatic rings. The number of rotatable bonds is 6. The van der Waals surface area contributed by atoms with E-state index in [1.54, 1.807) is 6.92 Å². The van der Waals surface area contributed by atoms with Crippen molar-refractivity contribution in [3.8, 4) is 0 Å². The summed E-state index contributed by atoms with van der Waals surface area (Å²) in [6, 6.07) is 8.50. The fourth-order valence-corrected chi connectivity index (χ4v) is 3.72. The third-order valence-electron chi connectivity index (χ3n) is 5.34. The van der Waals surface area contributed by atoms with Crippen LogP contribution in [-0.4, -0.2) is 11.1 Å². The lowest BCUT2D eigenvalue weighted by molar-refractivity contribution is -0.131. The van der Waals surface area contributed by atoms with Crippen LogP contribution in [0.15, 0.2) is 77.4 Å². The van der Waals surface area contributed by atoms with Crippen LogP contribution >= 0.6 is 0 Å². The lowest BCUT2D eigenvalue weighted by Gasteiger charge is -2.33. The summed E-state index contributed by atoms with van der Waals surface area (Å²) in [6.45, 7) is 10.8. The molecule has 0 radical (unpaired) electrons. The minimum absolute atomic E-state index is 0.202. The molecule has 0 unspecified atom stereocenters. The molecule has 0 bridgehead atoms. The molecule has 2 heteroatoms. The second kappa shape index (κ2) is 9.54. The molecular weight excluding hydrogens is 344 g/mol. The summed E-state index contributed by atoms with van der Waals surface area (Å²) in [7, 11) is 0. The van der Waals surface area contributed by atoms with Gasteiger partial charge in [0, 0.05) is 6.08 Å². The van der Waals surface area contributed by atoms with Crippen LogP contribution in [0.2, 0.25) is 0 Å². The maximum Gasteiger partial charge on any atom is 0.328 e. The van der Waals surface area contributed by atoms with Crippen molar-refractivity contribution < 1.29 is 9.90 Å². The predicted molar refractivity (Wildman–Crippen MR) is 119 cm³/mol. The van der Waals surface area contributed by atoms with Crippen molar-refractivity contribution >= 4 is 11.5 Å². The number of hydrogen-bond acceptors (Lipinski definition) is 1. The van der Waals surface area contributed by atoms with Gasteiger partial charge in [-0.2, -0.15) is 0 Å². The van der Waals surface area contributed by atoms with Crippen LogP contribution in [0.4, 0.5) is 0 Å². The Balaban J connectivity index is 2.39. The highest BCUT2D eigenvalue weighted by Gasteiger charge is 2.26. The zero-order valence-electron chi connectivity index (χ0n) is 17.8. The summed E-state index contributed by atoms with van der Waals surface area (Å²) in [5, 5.41) is 8.86. The standard InChI is InChI=1S/C26H32O2/c1-19-11-13-23(14-12-19)22(10-6-8-20(2)18-25(27)28)15-16-24-21(3)9-7-17-26(24,4)5/h6,8,10-16,18H,7,9,17H2,1-5H3,(H,27,28)/b8-6+,16-15?,20-18+,22-10?. The van der Waals surface area contributed by atoms with Gasteiger partial charge in [-0.3, -0.25) is 0 Å². The number of carbonyl (C=O) groups is 1. The maximum absolute atomic E-state index is 10.8. The van der Waals surface area contributed by atoms with Gasteiger partial charge in [0.05, 0.1) is 0 Å². The normalized spacial score (nSPS) is 18.3. The Morgan fingerprint density at radius 3 is 2.39 bits per heavy atom. The van der Waals surface area contributed by atoms with E-state index >= 15 is 0 Å². The van der Waals surface area contributed by atoms with Crippen molar-refractivity contribution in [3.63, 3.8) is 0 Å². The van der Waals surface area contributed by atoms with Crippen LogP contribution < -0.4 is 0 Å². The van der Waals surface area contributed by atoms with Crippen LogP contribution in [0.3, 0.4) is 0 Å². The van der Waals surface area contributed by atoms with Gasteiger partial charge in [0.25, 0.3) is 0 Å². The lowest BCUT2D eigenvalue weighted by Crippen LogP contribution is -2.19. The molecule has 1 aromatic carbocycles. The fraction of sp³-hybridized carbons (Fsp3) is 0.346. The predicted octanol–water partition coefficient (Wildman–Crippen LogP) is 7.05. The molecule has 2 rings (SSSR count). The number of benzene rings is 1. The number of carboxylic acid groups (broad SMARTS) is 1. The number of allylic oxidation sites excluding steroid dienone is 9. The summed E-state index contributed by atoms with van der Waals surface area (Å²) >= 11 is 0. The quantitative estimate of drug-likeness (QED) is 0.427. The molecule has 1 aliphatic carbocycles. The van der Waals surface area contributed by atoms with Gasteiger partial charge in [-0.1, -0.05) is 79.6 Å². The molecular formula is C26H32O2. The summed E-state index contributed by atoms with van der Waals surface area (Å²) in [5.41, 5.74) is 7.32. The molecule has 0 amide bonds. The first-order valence-electron chi connectivity index (χ1n) is 9.94. The molecule has 0 atom stereocenters. The van der Waals surface area contributed by atoms with Crippen molar-refractivity contribution in [2.75, 3.05) is 0 Å². The van der Waals surface area contributed by atoms with Gasteiger partial charge in [-0.25, -0.2) is 4.79 Å². The molecule has 0 saturated heterocycles. The number of aryl methyl sites for hydroxylation is 1. The second-order valence-electron chi connectivity index (χ2n) is 8.34. The molecule has 0 spiro atoms. The molecule has 0 fully saturated rings. The van der Waals surface area contributed by atoms with Gasteiger partial charge in [0.1, 0.15) is 0 Å². The van der Waals surface area contributed by atoms with Gasteiger partial charge >= 0.3 is 5.97 Å². The first kappa shape index (κ1) is 21.7. The van der Waals surface area contributed by atoms with Crippen LogP contribution in [-0.2, 0) is 4.79 Å².